The van der Waals surface area contributed by atoms with E-state index in [4.69, 9.17) is 4.98 Å². The van der Waals surface area contributed by atoms with Crippen LogP contribution in [0.3, 0.4) is 0 Å². The standard InChI is InChI=1S/C22H23FN4/c1-14-15(2)24-22(25-19-10-8-18(23)9-11-19)26-21(14)27-13-12-17-6-4-5-7-20(17)16(27)3/h4-11,16H,12-13H2,1-3H3,(H,24,25,26)/t16-/m1/s1. The Labute approximate surface area is 159 Å². The van der Waals surface area contributed by atoms with Crippen LogP contribution in [0.25, 0.3) is 0 Å². The summed E-state index contributed by atoms with van der Waals surface area (Å²) in [6.07, 6.45) is 1.00. The Morgan fingerprint density at radius 3 is 2.56 bits per heavy atom. The zero-order valence-corrected chi connectivity index (χ0v) is 15.8. The number of halogens is 1. The van der Waals surface area contributed by atoms with Gasteiger partial charge < -0.3 is 10.2 Å². The molecule has 4 nitrogen and oxygen atoms in total. The Bertz CT molecular complexity index is 969. The molecule has 0 saturated carbocycles. The monoisotopic (exact) mass is 362 g/mol. The van der Waals surface area contributed by atoms with Gasteiger partial charge in [0.2, 0.25) is 5.95 Å². The zero-order chi connectivity index (χ0) is 19.0. The molecule has 0 unspecified atom stereocenters. The lowest BCUT2D eigenvalue weighted by atomic mass is 9.93. The number of aromatic nitrogens is 2. The summed E-state index contributed by atoms with van der Waals surface area (Å²) in [7, 11) is 0. The molecule has 1 aliphatic rings. The number of anilines is 3. The summed E-state index contributed by atoms with van der Waals surface area (Å²) in [5.74, 6) is 1.22. The third-order valence-corrected chi connectivity index (χ3v) is 5.33. The minimum Gasteiger partial charge on any atom is -0.349 e. The molecule has 0 amide bonds. The summed E-state index contributed by atoms with van der Waals surface area (Å²) < 4.78 is 13.1. The molecule has 27 heavy (non-hydrogen) atoms. The van der Waals surface area contributed by atoms with Crippen LogP contribution in [0, 0.1) is 19.7 Å². The minimum absolute atomic E-state index is 0.252. The van der Waals surface area contributed by atoms with Gasteiger partial charge in [-0.05, 0) is 62.6 Å². The van der Waals surface area contributed by atoms with Crippen LogP contribution in [-0.2, 0) is 6.42 Å². The lowest BCUT2D eigenvalue weighted by molar-refractivity contribution is 0.614. The van der Waals surface area contributed by atoms with Gasteiger partial charge in [0.25, 0.3) is 0 Å². The molecule has 0 fully saturated rings. The van der Waals surface area contributed by atoms with Crippen LogP contribution in [0.5, 0.6) is 0 Å². The predicted octanol–water partition coefficient (Wildman–Crippen LogP) is 5.10. The molecule has 1 atom stereocenters. The van der Waals surface area contributed by atoms with E-state index in [0.29, 0.717) is 5.95 Å². The molecule has 4 rings (SSSR count). The van der Waals surface area contributed by atoms with E-state index >= 15 is 0 Å². The van der Waals surface area contributed by atoms with Crippen molar-refractivity contribution in [1.29, 1.82) is 0 Å². The molecule has 0 bridgehead atoms. The lowest BCUT2D eigenvalue weighted by Crippen LogP contribution is -2.35. The normalized spacial score (nSPS) is 16.1. The van der Waals surface area contributed by atoms with Crippen LogP contribution >= 0.6 is 0 Å². The summed E-state index contributed by atoms with van der Waals surface area (Å²) in [4.78, 5) is 11.7. The number of benzene rings is 2. The highest BCUT2D eigenvalue weighted by Gasteiger charge is 2.26. The van der Waals surface area contributed by atoms with Gasteiger partial charge in [-0.15, -0.1) is 0 Å². The summed E-state index contributed by atoms with van der Waals surface area (Å²) >= 11 is 0. The van der Waals surface area contributed by atoms with E-state index in [2.05, 4.69) is 53.3 Å². The van der Waals surface area contributed by atoms with E-state index < -0.39 is 0 Å². The molecule has 5 heteroatoms. The fraction of sp³-hybridized carbons (Fsp3) is 0.273. The van der Waals surface area contributed by atoms with Crippen molar-refractivity contribution in [2.75, 3.05) is 16.8 Å². The summed E-state index contributed by atoms with van der Waals surface area (Å²) in [5, 5.41) is 3.20. The van der Waals surface area contributed by atoms with Crippen LogP contribution in [0.4, 0.5) is 21.8 Å². The first kappa shape index (κ1) is 17.5. The largest absolute Gasteiger partial charge is 0.349 e. The van der Waals surface area contributed by atoms with Gasteiger partial charge in [-0.25, -0.2) is 9.37 Å². The zero-order valence-electron chi connectivity index (χ0n) is 15.8. The van der Waals surface area contributed by atoms with Crippen molar-refractivity contribution in [3.63, 3.8) is 0 Å². The maximum absolute atomic E-state index is 13.1. The third kappa shape index (κ3) is 3.37. The minimum atomic E-state index is -0.261. The Morgan fingerprint density at radius 1 is 1.04 bits per heavy atom. The topological polar surface area (TPSA) is 41.1 Å². The van der Waals surface area contributed by atoms with Crippen molar-refractivity contribution >= 4 is 17.5 Å². The van der Waals surface area contributed by atoms with Gasteiger partial charge in [-0.1, -0.05) is 24.3 Å². The second kappa shape index (κ2) is 6.99. The van der Waals surface area contributed by atoms with Crippen molar-refractivity contribution < 1.29 is 4.39 Å². The van der Waals surface area contributed by atoms with E-state index in [1.54, 1.807) is 12.1 Å². The average molecular weight is 362 g/mol. The molecule has 0 saturated heterocycles. The summed E-state index contributed by atoms with van der Waals surface area (Å²) in [5.41, 5.74) is 5.56. The van der Waals surface area contributed by atoms with Gasteiger partial charge in [-0.3, -0.25) is 0 Å². The number of aryl methyl sites for hydroxylation is 1. The molecular formula is C22H23FN4. The van der Waals surface area contributed by atoms with Gasteiger partial charge in [0.1, 0.15) is 11.6 Å². The van der Waals surface area contributed by atoms with E-state index in [1.165, 1.54) is 23.3 Å². The molecule has 1 N–H and O–H groups in total. The lowest BCUT2D eigenvalue weighted by Gasteiger charge is -2.37. The number of hydrogen-bond acceptors (Lipinski definition) is 4. The second-order valence-corrected chi connectivity index (χ2v) is 7.03. The third-order valence-electron chi connectivity index (χ3n) is 5.33. The maximum Gasteiger partial charge on any atom is 0.229 e. The molecule has 3 aromatic rings. The summed E-state index contributed by atoms with van der Waals surface area (Å²) in [6, 6.07) is 15.1. The Hall–Kier alpha value is -2.95. The fourth-order valence-electron chi connectivity index (χ4n) is 3.67. The number of fused-ring (bicyclic) bond motifs is 1. The van der Waals surface area contributed by atoms with Gasteiger partial charge in [0.15, 0.2) is 0 Å². The number of nitrogens with zero attached hydrogens (tertiary/aromatic N) is 3. The molecule has 0 radical (unpaired) electrons. The molecule has 138 valence electrons. The molecule has 0 spiro atoms. The first-order valence-corrected chi connectivity index (χ1v) is 9.25. The second-order valence-electron chi connectivity index (χ2n) is 7.03. The van der Waals surface area contributed by atoms with Gasteiger partial charge >= 0.3 is 0 Å². The smallest absolute Gasteiger partial charge is 0.229 e. The van der Waals surface area contributed by atoms with Crippen molar-refractivity contribution in [2.45, 2.75) is 33.2 Å². The Morgan fingerprint density at radius 2 is 1.78 bits per heavy atom. The first-order valence-electron chi connectivity index (χ1n) is 9.25. The quantitative estimate of drug-likeness (QED) is 0.704. The molecule has 1 aromatic heterocycles. The van der Waals surface area contributed by atoms with Crippen LogP contribution in [-0.4, -0.2) is 16.5 Å². The van der Waals surface area contributed by atoms with E-state index in [9.17, 15) is 4.39 Å². The number of nitrogens with one attached hydrogen (secondary N) is 1. The van der Waals surface area contributed by atoms with E-state index in [-0.39, 0.29) is 11.9 Å². The fourth-order valence-corrected chi connectivity index (χ4v) is 3.67. The Balaban J connectivity index is 1.68. The highest BCUT2D eigenvalue weighted by molar-refractivity contribution is 5.59. The first-order chi connectivity index (χ1) is 13.0. The maximum atomic E-state index is 13.1. The van der Waals surface area contributed by atoms with Crippen molar-refractivity contribution in [2.24, 2.45) is 0 Å². The number of rotatable bonds is 3. The van der Waals surface area contributed by atoms with Crippen molar-refractivity contribution in [3.8, 4) is 0 Å². The highest BCUT2D eigenvalue weighted by atomic mass is 19.1. The molecule has 1 aliphatic heterocycles. The van der Waals surface area contributed by atoms with Crippen molar-refractivity contribution in [3.05, 3.63) is 76.7 Å². The molecular weight excluding hydrogens is 339 g/mol. The SMILES string of the molecule is Cc1nc(Nc2ccc(F)cc2)nc(N2CCc3ccccc3[C@H]2C)c1C. The average Bonchev–Trinajstić information content (AvgIpc) is 2.67. The predicted molar refractivity (Wildman–Crippen MR) is 107 cm³/mol. The van der Waals surface area contributed by atoms with Gasteiger partial charge in [0, 0.05) is 23.5 Å². The van der Waals surface area contributed by atoms with Crippen LogP contribution in [0.1, 0.15) is 35.3 Å². The highest BCUT2D eigenvalue weighted by Crippen LogP contribution is 2.35. The summed E-state index contributed by atoms with van der Waals surface area (Å²) in [6.45, 7) is 7.21. The van der Waals surface area contributed by atoms with Crippen molar-refractivity contribution in [1.82, 2.24) is 9.97 Å². The van der Waals surface area contributed by atoms with E-state index in [1.807, 2.05) is 6.92 Å². The van der Waals surface area contributed by atoms with Crippen LogP contribution in [0.2, 0.25) is 0 Å². The number of hydrogen-bond donors (Lipinski definition) is 1. The van der Waals surface area contributed by atoms with E-state index in [0.717, 1.165) is 35.7 Å². The molecule has 2 heterocycles. The molecule has 0 aliphatic carbocycles. The van der Waals surface area contributed by atoms with Crippen LogP contribution in [0.15, 0.2) is 48.5 Å². The molecule has 2 aromatic carbocycles. The van der Waals surface area contributed by atoms with Crippen LogP contribution < -0.4 is 10.2 Å². The van der Waals surface area contributed by atoms with Gasteiger partial charge in [0.05, 0.1) is 6.04 Å². The van der Waals surface area contributed by atoms with Gasteiger partial charge in [-0.2, -0.15) is 4.98 Å². The Kier molecular flexibility index (Phi) is 4.52.